The van der Waals surface area contributed by atoms with Gasteiger partial charge in [-0.15, -0.1) is 0 Å². The molecule has 0 spiro atoms. The molecule has 4 heterocycles. The van der Waals surface area contributed by atoms with E-state index in [2.05, 4.69) is 31.9 Å². The second-order valence-electron chi connectivity index (χ2n) is 7.95. The molecule has 0 aliphatic carbocycles. The number of ether oxygens (including phenoxy) is 1. The van der Waals surface area contributed by atoms with E-state index in [1.807, 2.05) is 30.1 Å². The van der Waals surface area contributed by atoms with Crippen molar-refractivity contribution < 1.29 is 9.13 Å². The van der Waals surface area contributed by atoms with Crippen molar-refractivity contribution in [2.24, 2.45) is 7.05 Å². The van der Waals surface area contributed by atoms with Crippen LogP contribution in [0.15, 0.2) is 64.3 Å². The summed E-state index contributed by atoms with van der Waals surface area (Å²) in [5.41, 5.74) is 4.48. The van der Waals surface area contributed by atoms with E-state index in [9.17, 15) is 9.18 Å². The maximum atomic E-state index is 13.5. The topological polar surface area (TPSA) is 52.3 Å². The molecule has 1 aromatic carbocycles. The maximum Gasteiger partial charge on any atom is 0.251 e. The molecule has 1 saturated heterocycles. The van der Waals surface area contributed by atoms with E-state index >= 15 is 0 Å². The van der Waals surface area contributed by atoms with Crippen LogP contribution in [0.25, 0.3) is 22.2 Å². The number of aromatic nitrogens is 3. The lowest BCUT2D eigenvalue weighted by Gasteiger charge is -2.28. The Bertz CT molecular complexity index is 1360. The Hall–Kier alpha value is -2.97. The molecule has 0 N–H and O–H groups in total. The number of anilines is 1. The van der Waals surface area contributed by atoms with Gasteiger partial charge >= 0.3 is 0 Å². The quantitative estimate of drug-likeness (QED) is 0.425. The first-order chi connectivity index (χ1) is 15.5. The van der Waals surface area contributed by atoms with Crippen molar-refractivity contribution in [1.29, 1.82) is 0 Å². The minimum absolute atomic E-state index is 0.114. The SMILES string of the molecule is Cn1cc(-c2ccn(Cc3ccc(F)c(Br)c3)c(=O)c2)c2cc(N3CCOCC3)cnc21. The lowest BCUT2D eigenvalue weighted by Crippen LogP contribution is -2.36. The van der Waals surface area contributed by atoms with E-state index < -0.39 is 0 Å². The number of hydrogen-bond acceptors (Lipinski definition) is 4. The van der Waals surface area contributed by atoms with Gasteiger partial charge in [-0.3, -0.25) is 4.79 Å². The average Bonchev–Trinajstić information content (AvgIpc) is 3.14. The third-order valence-electron chi connectivity index (χ3n) is 5.82. The molecule has 0 bridgehead atoms. The minimum Gasteiger partial charge on any atom is -0.378 e. The van der Waals surface area contributed by atoms with Crippen LogP contribution < -0.4 is 10.5 Å². The highest BCUT2D eigenvalue weighted by Crippen LogP contribution is 2.31. The molecule has 6 nitrogen and oxygen atoms in total. The van der Waals surface area contributed by atoms with E-state index in [-0.39, 0.29) is 11.4 Å². The number of rotatable bonds is 4. The highest BCUT2D eigenvalue weighted by Gasteiger charge is 2.16. The number of fused-ring (bicyclic) bond motifs is 1. The van der Waals surface area contributed by atoms with E-state index in [4.69, 9.17) is 4.74 Å². The molecule has 4 aromatic rings. The Morgan fingerprint density at radius 1 is 1.16 bits per heavy atom. The molecule has 1 aliphatic rings. The van der Waals surface area contributed by atoms with E-state index in [0.29, 0.717) is 24.2 Å². The Morgan fingerprint density at radius 2 is 1.97 bits per heavy atom. The highest BCUT2D eigenvalue weighted by molar-refractivity contribution is 9.10. The first-order valence-corrected chi connectivity index (χ1v) is 11.2. The first-order valence-electron chi connectivity index (χ1n) is 10.4. The zero-order chi connectivity index (χ0) is 22.2. The summed E-state index contributed by atoms with van der Waals surface area (Å²) in [6.07, 6.45) is 5.69. The zero-order valence-electron chi connectivity index (χ0n) is 17.6. The van der Waals surface area contributed by atoms with Crippen molar-refractivity contribution in [3.05, 3.63) is 81.2 Å². The van der Waals surface area contributed by atoms with Gasteiger partial charge in [-0.2, -0.15) is 0 Å². The normalized spacial score (nSPS) is 14.3. The molecule has 0 radical (unpaired) electrons. The molecule has 1 fully saturated rings. The number of pyridine rings is 2. The number of hydrogen-bond donors (Lipinski definition) is 0. The van der Waals surface area contributed by atoms with Gasteiger partial charge in [0, 0.05) is 49.5 Å². The van der Waals surface area contributed by atoms with Crippen LogP contribution in [-0.4, -0.2) is 40.4 Å². The van der Waals surface area contributed by atoms with Crippen molar-refractivity contribution in [3.63, 3.8) is 0 Å². The molecule has 0 amide bonds. The number of nitrogens with zero attached hydrogens (tertiary/aromatic N) is 4. The lowest BCUT2D eigenvalue weighted by molar-refractivity contribution is 0.122. The fraction of sp³-hybridized carbons (Fsp3) is 0.250. The zero-order valence-corrected chi connectivity index (χ0v) is 19.2. The van der Waals surface area contributed by atoms with Gasteiger partial charge in [0.05, 0.1) is 36.1 Å². The molecule has 1 aliphatic heterocycles. The summed E-state index contributed by atoms with van der Waals surface area (Å²) in [6, 6.07) is 10.5. The van der Waals surface area contributed by atoms with Crippen LogP contribution in [0.1, 0.15) is 5.56 Å². The fourth-order valence-corrected chi connectivity index (χ4v) is 4.54. The Kier molecular flexibility index (Phi) is 5.57. The van der Waals surface area contributed by atoms with Crippen LogP contribution in [0.4, 0.5) is 10.1 Å². The number of benzene rings is 1. The number of morpholine rings is 1. The first kappa shape index (κ1) is 20.9. The molecule has 32 heavy (non-hydrogen) atoms. The van der Waals surface area contributed by atoms with Gasteiger partial charge in [0.1, 0.15) is 11.5 Å². The Labute approximate surface area is 193 Å². The summed E-state index contributed by atoms with van der Waals surface area (Å²) in [7, 11) is 1.96. The summed E-state index contributed by atoms with van der Waals surface area (Å²) in [5.74, 6) is -0.322. The predicted molar refractivity (Wildman–Crippen MR) is 127 cm³/mol. The minimum atomic E-state index is -0.322. The van der Waals surface area contributed by atoms with Crippen LogP contribution in [-0.2, 0) is 18.3 Å². The summed E-state index contributed by atoms with van der Waals surface area (Å²) in [5, 5.41) is 1.01. The van der Waals surface area contributed by atoms with Crippen molar-refractivity contribution in [1.82, 2.24) is 14.1 Å². The van der Waals surface area contributed by atoms with Crippen LogP contribution in [0.3, 0.4) is 0 Å². The molecule has 5 rings (SSSR count). The molecule has 164 valence electrons. The van der Waals surface area contributed by atoms with Crippen molar-refractivity contribution in [2.45, 2.75) is 6.54 Å². The van der Waals surface area contributed by atoms with E-state index in [1.54, 1.807) is 29.0 Å². The summed E-state index contributed by atoms with van der Waals surface area (Å²) >= 11 is 3.20. The second kappa shape index (κ2) is 8.52. The van der Waals surface area contributed by atoms with E-state index in [1.165, 1.54) is 6.07 Å². The average molecular weight is 497 g/mol. The smallest absolute Gasteiger partial charge is 0.251 e. The van der Waals surface area contributed by atoms with Crippen molar-refractivity contribution >= 4 is 32.7 Å². The van der Waals surface area contributed by atoms with Crippen LogP contribution >= 0.6 is 15.9 Å². The predicted octanol–water partition coefficient (Wildman–Crippen LogP) is 4.19. The molecular weight excluding hydrogens is 475 g/mol. The highest BCUT2D eigenvalue weighted by atomic mass is 79.9. The largest absolute Gasteiger partial charge is 0.378 e. The number of aryl methyl sites for hydroxylation is 1. The lowest BCUT2D eigenvalue weighted by atomic mass is 10.1. The summed E-state index contributed by atoms with van der Waals surface area (Å²) < 4.78 is 22.9. The maximum absolute atomic E-state index is 13.5. The van der Waals surface area contributed by atoms with Gasteiger partial charge in [0.15, 0.2) is 0 Å². The van der Waals surface area contributed by atoms with Gasteiger partial charge in [-0.25, -0.2) is 9.37 Å². The molecular formula is C24H22BrFN4O2. The van der Waals surface area contributed by atoms with Gasteiger partial charge in [-0.05, 0) is 51.3 Å². The molecule has 8 heteroatoms. The van der Waals surface area contributed by atoms with Crippen molar-refractivity contribution in [2.75, 3.05) is 31.2 Å². The van der Waals surface area contributed by atoms with Gasteiger partial charge in [0.25, 0.3) is 5.56 Å². The molecule has 0 atom stereocenters. The Balaban J connectivity index is 1.49. The van der Waals surface area contributed by atoms with Gasteiger partial charge in [-0.1, -0.05) is 6.07 Å². The van der Waals surface area contributed by atoms with Crippen molar-refractivity contribution in [3.8, 4) is 11.1 Å². The molecule has 0 saturated carbocycles. The Morgan fingerprint density at radius 3 is 2.72 bits per heavy atom. The standard InChI is InChI=1S/C24H22BrFN4O2/c1-28-15-20(19-12-18(13-27-24(19)28)29-6-8-32-9-7-29)17-4-5-30(23(31)11-17)14-16-2-3-22(26)21(25)10-16/h2-5,10-13,15H,6-9,14H2,1H3. The third-order valence-corrected chi connectivity index (χ3v) is 6.43. The second-order valence-corrected chi connectivity index (χ2v) is 8.80. The van der Waals surface area contributed by atoms with Gasteiger partial charge < -0.3 is 18.8 Å². The monoisotopic (exact) mass is 496 g/mol. The van der Waals surface area contributed by atoms with Gasteiger partial charge in [0.2, 0.25) is 0 Å². The van der Waals surface area contributed by atoms with E-state index in [0.717, 1.165) is 46.5 Å². The summed E-state index contributed by atoms with van der Waals surface area (Å²) in [6.45, 7) is 3.47. The van der Waals surface area contributed by atoms with Crippen LogP contribution in [0.2, 0.25) is 0 Å². The van der Waals surface area contributed by atoms with Crippen LogP contribution in [0, 0.1) is 5.82 Å². The van der Waals surface area contributed by atoms with Crippen LogP contribution in [0.5, 0.6) is 0 Å². The molecule has 0 unspecified atom stereocenters. The summed E-state index contributed by atoms with van der Waals surface area (Å²) in [4.78, 5) is 19.8. The number of halogens is 2. The third kappa shape index (κ3) is 3.96. The molecule has 3 aromatic heterocycles. The fourth-order valence-electron chi connectivity index (χ4n) is 4.12.